The minimum atomic E-state index is -0.190. The molecule has 2 heteroatoms. The lowest BCUT2D eigenvalue weighted by Crippen LogP contribution is -2.38. The highest BCUT2D eigenvalue weighted by molar-refractivity contribution is 5.26. The summed E-state index contributed by atoms with van der Waals surface area (Å²) in [5.74, 6) is -0.190. The van der Waals surface area contributed by atoms with Gasteiger partial charge in [-0.05, 0) is 49.8 Å². The summed E-state index contributed by atoms with van der Waals surface area (Å²) in [6.45, 7) is 9.96. The molecule has 1 nitrogen and oxygen atoms in total. The number of hydrogen-bond acceptors (Lipinski definition) is 1. The van der Waals surface area contributed by atoms with Crippen LogP contribution in [0.2, 0.25) is 0 Å². The third-order valence-electron chi connectivity index (χ3n) is 3.10. The van der Waals surface area contributed by atoms with E-state index in [1.165, 1.54) is 12.5 Å². The van der Waals surface area contributed by atoms with Gasteiger partial charge in [0.05, 0.1) is 0 Å². The van der Waals surface area contributed by atoms with Gasteiger partial charge in [-0.1, -0.05) is 25.7 Å². The summed E-state index contributed by atoms with van der Waals surface area (Å²) in [7, 11) is 0. The third kappa shape index (κ3) is 3.93. The van der Waals surface area contributed by atoms with Crippen LogP contribution in [0.25, 0.3) is 0 Å². The Morgan fingerprint density at radius 1 is 1.56 bits per heavy atom. The molecule has 0 spiro atoms. The van der Waals surface area contributed by atoms with Gasteiger partial charge in [-0.3, -0.25) is 0 Å². The summed E-state index contributed by atoms with van der Waals surface area (Å²) in [4.78, 5) is 0. The average Bonchev–Trinajstić information content (AvgIpc) is 2.26. The lowest BCUT2D eigenvalue weighted by Gasteiger charge is -2.34. The van der Waals surface area contributed by atoms with Gasteiger partial charge < -0.3 is 5.32 Å². The molecule has 0 aromatic carbocycles. The van der Waals surface area contributed by atoms with Gasteiger partial charge in [0.1, 0.15) is 5.83 Å². The Balaban J connectivity index is 2.55. The first-order chi connectivity index (χ1) is 7.57. The van der Waals surface area contributed by atoms with Crippen LogP contribution in [0.4, 0.5) is 4.39 Å². The van der Waals surface area contributed by atoms with Crippen molar-refractivity contribution in [2.24, 2.45) is 5.41 Å². The number of rotatable bonds is 4. The van der Waals surface area contributed by atoms with E-state index < -0.39 is 0 Å². The van der Waals surface area contributed by atoms with Crippen molar-refractivity contribution in [2.45, 2.75) is 33.1 Å². The fraction of sp³-hybridized carbons (Fsp3) is 0.571. The van der Waals surface area contributed by atoms with Crippen LogP contribution in [-0.2, 0) is 0 Å². The van der Waals surface area contributed by atoms with Crippen LogP contribution >= 0.6 is 0 Å². The molecule has 0 aromatic heterocycles. The predicted molar refractivity (Wildman–Crippen MR) is 68.0 cm³/mol. The molecule has 0 amide bonds. The van der Waals surface area contributed by atoms with Gasteiger partial charge in [0.15, 0.2) is 0 Å². The minimum Gasteiger partial charge on any atom is -0.316 e. The lowest BCUT2D eigenvalue weighted by molar-refractivity contribution is 0.233. The van der Waals surface area contributed by atoms with E-state index in [1.54, 1.807) is 6.08 Å². The summed E-state index contributed by atoms with van der Waals surface area (Å²) in [6.07, 6.45) is 8.07. The molecule has 0 radical (unpaired) electrons. The molecular weight excluding hydrogens is 201 g/mol. The van der Waals surface area contributed by atoms with Crippen molar-refractivity contribution < 1.29 is 4.39 Å². The Morgan fingerprint density at radius 2 is 2.31 bits per heavy atom. The maximum absolute atomic E-state index is 13.6. The Bertz CT molecular complexity index is 296. The number of nitrogens with one attached hydrogen (secondary N) is 1. The quantitative estimate of drug-likeness (QED) is 0.716. The van der Waals surface area contributed by atoms with Crippen LogP contribution < -0.4 is 5.32 Å². The normalized spacial score (nSPS) is 27.3. The van der Waals surface area contributed by atoms with E-state index in [-0.39, 0.29) is 11.2 Å². The highest BCUT2D eigenvalue weighted by atomic mass is 19.1. The molecule has 0 bridgehead atoms. The molecule has 1 fully saturated rings. The molecule has 1 N–H and O–H groups in total. The zero-order valence-corrected chi connectivity index (χ0v) is 10.4. The zero-order chi connectivity index (χ0) is 12.0. The Labute approximate surface area is 98.1 Å². The highest BCUT2D eigenvalue weighted by Crippen LogP contribution is 2.34. The molecule has 1 aliphatic heterocycles. The first-order valence-electron chi connectivity index (χ1n) is 5.95. The first-order valence-corrected chi connectivity index (χ1v) is 5.95. The van der Waals surface area contributed by atoms with Crippen LogP contribution in [0.15, 0.2) is 36.2 Å². The SMILES string of the molecule is C=C(CC1(C)CCCNC1)/C(F)=C\C=C/C. The minimum absolute atomic E-state index is 0.163. The molecular formula is C14H22FN. The third-order valence-corrected chi connectivity index (χ3v) is 3.10. The second-order valence-corrected chi connectivity index (χ2v) is 4.91. The van der Waals surface area contributed by atoms with Crippen molar-refractivity contribution in [2.75, 3.05) is 13.1 Å². The molecule has 1 heterocycles. The Hall–Kier alpha value is -0.890. The second kappa shape index (κ2) is 6.00. The largest absolute Gasteiger partial charge is 0.316 e. The first kappa shape index (κ1) is 13.2. The predicted octanol–water partition coefficient (Wildman–Crippen LogP) is 3.75. The summed E-state index contributed by atoms with van der Waals surface area (Å²) < 4.78 is 13.6. The maximum Gasteiger partial charge on any atom is 0.125 e. The van der Waals surface area contributed by atoms with Crippen LogP contribution in [0, 0.1) is 5.41 Å². The summed E-state index contributed by atoms with van der Waals surface area (Å²) in [6, 6.07) is 0. The lowest BCUT2D eigenvalue weighted by atomic mass is 9.77. The standard InChI is InChI=1S/C14H22FN/c1-4-5-7-13(15)12(2)10-14(3)8-6-9-16-11-14/h4-5,7,16H,2,6,8-11H2,1,3H3/b5-4-,13-7+. The molecule has 1 rings (SSSR count). The van der Waals surface area contributed by atoms with Gasteiger partial charge in [0, 0.05) is 6.54 Å². The molecule has 90 valence electrons. The number of halogens is 1. The van der Waals surface area contributed by atoms with Crippen molar-refractivity contribution in [3.8, 4) is 0 Å². The van der Waals surface area contributed by atoms with Crippen LogP contribution in [-0.4, -0.2) is 13.1 Å². The van der Waals surface area contributed by atoms with E-state index in [0.717, 1.165) is 25.9 Å². The van der Waals surface area contributed by atoms with Crippen LogP contribution in [0.3, 0.4) is 0 Å². The monoisotopic (exact) mass is 223 g/mol. The Kier molecular flexibility index (Phi) is 4.94. The summed E-state index contributed by atoms with van der Waals surface area (Å²) in [5, 5.41) is 3.37. The van der Waals surface area contributed by atoms with Crippen molar-refractivity contribution in [3.05, 3.63) is 36.2 Å². The van der Waals surface area contributed by atoms with Gasteiger partial charge in [-0.15, -0.1) is 0 Å². The van der Waals surface area contributed by atoms with Gasteiger partial charge in [-0.2, -0.15) is 0 Å². The summed E-state index contributed by atoms with van der Waals surface area (Å²) in [5.41, 5.74) is 0.778. The molecule has 0 aliphatic carbocycles. The highest BCUT2D eigenvalue weighted by Gasteiger charge is 2.27. The fourth-order valence-corrected chi connectivity index (χ4v) is 2.17. The topological polar surface area (TPSA) is 12.0 Å². The molecule has 1 aliphatic rings. The van der Waals surface area contributed by atoms with E-state index >= 15 is 0 Å². The van der Waals surface area contributed by atoms with E-state index in [1.807, 2.05) is 13.0 Å². The van der Waals surface area contributed by atoms with Gasteiger partial charge in [0.2, 0.25) is 0 Å². The second-order valence-electron chi connectivity index (χ2n) is 4.91. The van der Waals surface area contributed by atoms with Crippen LogP contribution in [0.1, 0.15) is 33.1 Å². The van der Waals surface area contributed by atoms with Gasteiger partial charge in [0.25, 0.3) is 0 Å². The van der Waals surface area contributed by atoms with E-state index in [2.05, 4.69) is 18.8 Å². The van der Waals surface area contributed by atoms with Crippen LogP contribution in [0.5, 0.6) is 0 Å². The number of piperidine rings is 1. The molecule has 1 saturated heterocycles. The van der Waals surface area contributed by atoms with Gasteiger partial charge in [-0.25, -0.2) is 4.39 Å². The molecule has 1 atom stereocenters. The smallest absolute Gasteiger partial charge is 0.125 e. The summed E-state index contributed by atoms with van der Waals surface area (Å²) >= 11 is 0. The van der Waals surface area contributed by atoms with Crippen molar-refractivity contribution in [1.82, 2.24) is 5.32 Å². The maximum atomic E-state index is 13.6. The van der Waals surface area contributed by atoms with Crippen molar-refractivity contribution in [3.63, 3.8) is 0 Å². The molecule has 1 unspecified atom stereocenters. The fourth-order valence-electron chi connectivity index (χ4n) is 2.17. The zero-order valence-electron chi connectivity index (χ0n) is 10.4. The number of hydrogen-bond donors (Lipinski definition) is 1. The Morgan fingerprint density at radius 3 is 2.88 bits per heavy atom. The van der Waals surface area contributed by atoms with E-state index in [4.69, 9.17) is 0 Å². The molecule has 0 saturated carbocycles. The van der Waals surface area contributed by atoms with Gasteiger partial charge >= 0.3 is 0 Å². The van der Waals surface area contributed by atoms with E-state index in [9.17, 15) is 4.39 Å². The van der Waals surface area contributed by atoms with Crippen molar-refractivity contribution in [1.29, 1.82) is 0 Å². The molecule has 0 aromatic rings. The van der Waals surface area contributed by atoms with Crippen molar-refractivity contribution >= 4 is 0 Å². The van der Waals surface area contributed by atoms with E-state index in [0.29, 0.717) is 5.57 Å². The average molecular weight is 223 g/mol. The molecule has 16 heavy (non-hydrogen) atoms. The number of allylic oxidation sites excluding steroid dienone is 5.